The number of benzene rings is 2. The molecule has 4 nitrogen and oxygen atoms in total. The van der Waals surface area contributed by atoms with Crippen molar-refractivity contribution in [2.45, 2.75) is 45.1 Å². The highest BCUT2D eigenvalue weighted by atomic mass is 32.2. The van der Waals surface area contributed by atoms with Gasteiger partial charge in [-0.15, -0.1) is 0 Å². The molecule has 1 aromatic heterocycles. The van der Waals surface area contributed by atoms with E-state index in [1.54, 1.807) is 0 Å². The molecule has 3 rings (SSSR count). The number of fused-ring (bicyclic) bond motifs is 1. The highest BCUT2D eigenvalue weighted by molar-refractivity contribution is 7.84. The first-order chi connectivity index (χ1) is 11.8. The third-order valence-electron chi connectivity index (χ3n) is 4.52. The van der Waals surface area contributed by atoms with Gasteiger partial charge in [-0.2, -0.15) is 8.42 Å². The second-order valence-corrected chi connectivity index (χ2v) is 8.72. The lowest BCUT2D eigenvalue weighted by molar-refractivity contribution is -0.535. The fraction of sp³-hybridized carbons (Fsp3) is 0.300. The number of H-pyrrole nitrogens is 1. The molecule has 5 heteroatoms. The van der Waals surface area contributed by atoms with E-state index in [9.17, 15) is 8.42 Å². The number of aromatic nitrogens is 1. The van der Waals surface area contributed by atoms with Gasteiger partial charge in [0.15, 0.2) is 0 Å². The number of hydrogen-bond acceptors (Lipinski definition) is 2. The Morgan fingerprint density at radius 2 is 1.72 bits per heavy atom. The molecule has 0 radical (unpaired) electrons. The summed E-state index contributed by atoms with van der Waals surface area (Å²) in [5, 5.41) is 1.16. The van der Waals surface area contributed by atoms with Crippen LogP contribution in [0.3, 0.4) is 0 Å². The molecule has 1 heterocycles. The summed E-state index contributed by atoms with van der Waals surface area (Å²) in [5.74, 6) is 0. The second-order valence-electron chi connectivity index (χ2n) is 6.95. The van der Waals surface area contributed by atoms with E-state index in [0.29, 0.717) is 11.3 Å². The van der Waals surface area contributed by atoms with Crippen molar-refractivity contribution >= 4 is 20.9 Å². The average Bonchev–Trinajstić information content (AvgIpc) is 2.88. The Kier molecular flexibility index (Phi) is 4.71. The maximum atomic E-state index is 12.9. The minimum Gasteiger partial charge on any atom is -0.361 e. The molecular formula is C20H25N2O2S+. The largest absolute Gasteiger partial charge is 0.361 e. The molecule has 0 bridgehead atoms. The van der Waals surface area contributed by atoms with Crippen LogP contribution in [0.2, 0.25) is 0 Å². The van der Waals surface area contributed by atoms with Crippen molar-refractivity contribution in [1.82, 2.24) is 4.98 Å². The van der Waals surface area contributed by atoms with Crippen LogP contribution in [-0.4, -0.2) is 19.4 Å². The highest BCUT2D eigenvalue weighted by Gasteiger charge is 2.26. The number of nitrogens with two attached hydrogens (primary N) is 1. The van der Waals surface area contributed by atoms with Crippen LogP contribution in [-0.2, 0) is 16.4 Å². The molecule has 2 aromatic carbocycles. The van der Waals surface area contributed by atoms with E-state index in [1.165, 1.54) is 4.72 Å². The molecule has 0 aliphatic heterocycles. The zero-order valence-corrected chi connectivity index (χ0v) is 15.9. The van der Waals surface area contributed by atoms with Crippen LogP contribution < -0.4 is 4.72 Å². The summed E-state index contributed by atoms with van der Waals surface area (Å²) in [6.45, 7) is 7.67. The van der Waals surface area contributed by atoms with Gasteiger partial charge in [-0.05, 0) is 50.5 Å². The minimum absolute atomic E-state index is 0.0793. The van der Waals surface area contributed by atoms with Crippen molar-refractivity contribution in [3.63, 3.8) is 0 Å². The third kappa shape index (κ3) is 3.62. The molecule has 3 aromatic rings. The Labute approximate surface area is 149 Å². The van der Waals surface area contributed by atoms with Crippen molar-refractivity contribution in [1.29, 1.82) is 0 Å². The summed E-state index contributed by atoms with van der Waals surface area (Å²) in [6, 6.07) is 11.9. The number of rotatable bonds is 5. The van der Waals surface area contributed by atoms with Crippen LogP contribution in [0, 0.1) is 20.8 Å². The van der Waals surface area contributed by atoms with Crippen LogP contribution >= 0.6 is 0 Å². The Morgan fingerprint density at radius 3 is 2.40 bits per heavy atom. The van der Waals surface area contributed by atoms with Crippen molar-refractivity contribution in [2.75, 3.05) is 0 Å². The third-order valence-corrected chi connectivity index (χ3v) is 6.55. The van der Waals surface area contributed by atoms with Crippen molar-refractivity contribution in [2.24, 2.45) is 0 Å². The minimum atomic E-state index is -3.43. The highest BCUT2D eigenvalue weighted by Crippen LogP contribution is 2.21. The quantitative estimate of drug-likeness (QED) is 0.737. The van der Waals surface area contributed by atoms with E-state index < -0.39 is 10.0 Å². The smallest absolute Gasteiger partial charge is 0.324 e. The van der Waals surface area contributed by atoms with Gasteiger partial charge in [0.2, 0.25) is 0 Å². The molecule has 0 aliphatic carbocycles. The van der Waals surface area contributed by atoms with E-state index in [0.717, 1.165) is 33.2 Å². The van der Waals surface area contributed by atoms with Crippen LogP contribution in [0.5, 0.6) is 0 Å². The SMILES string of the molecule is Cc1cc(C)c(S(=O)(=O)[NH2+]C(C)Cc2c[nH]c3ccccc23)c(C)c1. The second kappa shape index (κ2) is 6.65. The molecule has 1 unspecified atom stereocenters. The van der Waals surface area contributed by atoms with Crippen LogP contribution in [0.15, 0.2) is 47.5 Å². The lowest BCUT2D eigenvalue weighted by Gasteiger charge is -2.14. The van der Waals surface area contributed by atoms with Crippen LogP contribution in [0.25, 0.3) is 10.9 Å². The normalized spacial score (nSPS) is 13.3. The predicted molar refractivity (Wildman–Crippen MR) is 101 cm³/mol. The summed E-state index contributed by atoms with van der Waals surface area (Å²) in [7, 11) is -3.43. The fourth-order valence-corrected chi connectivity index (χ4v) is 5.54. The summed E-state index contributed by atoms with van der Waals surface area (Å²) < 4.78 is 27.3. The molecular weight excluding hydrogens is 332 g/mol. The van der Waals surface area contributed by atoms with Gasteiger partial charge in [0.25, 0.3) is 0 Å². The van der Waals surface area contributed by atoms with E-state index in [1.807, 2.05) is 64.2 Å². The fourth-order valence-electron chi connectivity index (χ4n) is 3.68. The summed E-state index contributed by atoms with van der Waals surface area (Å²) in [6.07, 6.45) is 2.66. The van der Waals surface area contributed by atoms with Gasteiger partial charge in [0.1, 0.15) is 10.9 Å². The van der Waals surface area contributed by atoms with Crippen LogP contribution in [0.4, 0.5) is 0 Å². The van der Waals surface area contributed by atoms with Crippen molar-refractivity contribution in [3.8, 4) is 0 Å². The molecule has 0 saturated heterocycles. The monoisotopic (exact) mass is 357 g/mol. The lowest BCUT2D eigenvalue weighted by atomic mass is 10.1. The van der Waals surface area contributed by atoms with Gasteiger partial charge in [-0.25, -0.2) is 4.72 Å². The van der Waals surface area contributed by atoms with Gasteiger partial charge in [0, 0.05) is 23.5 Å². The van der Waals surface area contributed by atoms with Crippen LogP contribution in [0.1, 0.15) is 29.2 Å². The number of aryl methyl sites for hydroxylation is 3. The van der Waals surface area contributed by atoms with E-state index in [2.05, 4.69) is 11.1 Å². The summed E-state index contributed by atoms with van der Waals surface area (Å²) in [4.78, 5) is 3.70. The number of para-hydroxylation sites is 1. The molecule has 3 N–H and O–H groups in total. The van der Waals surface area contributed by atoms with Gasteiger partial charge in [-0.3, -0.25) is 0 Å². The maximum absolute atomic E-state index is 12.9. The van der Waals surface area contributed by atoms with E-state index >= 15 is 0 Å². The first kappa shape index (κ1) is 17.7. The topological polar surface area (TPSA) is 66.5 Å². The first-order valence-corrected chi connectivity index (χ1v) is 10.1. The number of nitrogens with one attached hydrogen (secondary N) is 1. The molecule has 0 fully saturated rings. The van der Waals surface area contributed by atoms with E-state index in [4.69, 9.17) is 0 Å². The zero-order chi connectivity index (χ0) is 18.2. The maximum Gasteiger partial charge on any atom is 0.324 e. The van der Waals surface area contributed by atoms with E-state index in [-0.39, 0.29) is 6.04 Å². The summed E-state index contributed by atoms with van der Waals surface area (Å²) in [5.41, 5.74) is 4.94. The molecule has 0 saturated carbocycles. The molecule has 0 amide bonds. The summed E-state index contributed by atoms with van der Waals surface area (Å²) >= 11 is 0. The van der Waals surface area contributed by atoms with Crippen molar-refractivity contribution < 1.29 is 13.1 Å². The van der Waals surface area contributed by atoms with Gasteiger partial charge in [0.05, 0.1) is 0 Å². The number of hydrogen-bond donors (Lipinski definition) is 2. The zero-order valence-electron chi connectivity index (χ0n) is 15.1. The number of quaternary nitrogens is 1. The molecule has 1 atom stereocenters. The molecule has 25 heavy (non-hydrogen) atoms. The Morgan fingerprint density at radius 1 is 1.08 bits per heavy atom. The Balaban J connectivity index is 1.84. The number of primary sulfonamides is 1. The Hall–Kier alpha value is -2.11. The van der Waals surface area contributed by atoms with Crippen molar-refractivity contribution in [3.05, 3.63) is 64.8 Å². The lowest BCUT2D eigenvalue weighted by Crippen LogP contribution is -2.92. The molecule has 0 spiro atoms. The Bertz CT molecular complexity index is 996. The van der Waals surface area contributed by atoms with Gasteiger partial charge < -0.3 is 4.98 Å². The average molecular weight is 357 g/mol. The van der Waals surface area contributed by atoms with Gasteiger partial charge in [-0.1, -0.05) is 35.9 Å². The standard InChI is InChI=1S/C20H24N2O2S/c1-13-9-14(2)20(15(3)10-13)25(23,24)22-16(4)11-17-12-21-19-8-6-5-7-18(17)19/h5-10,12,16,21-22H,11H2,1-4H3/p+1. The molecule has 0 aliphatic rings. The predicted octanol–water partition coefficient (Wildman–Crippen LogP) is 2.98. The number of aromatic amines is 1. The molecule has 132 valence electrons. The first-order valence-electron chi connectivity index (χ1n) is 8.51. The number of sulfonamides is 1. The van der Waals surface area contributed by atoms with Gasteiger partial charge >= 0.3 is 10.0 Å².